The molecule has 1 atom stereocenters. The van der Waals surface area contributed by atoms with Gasteiger partial charge in [0.2, 0.25) is 0 Å². The Morgan fingerprint density at radius 3 is 2.12 bits per heavy atom. The van der Waals surface area contributed by atoms with Crippen LogP contribution in [-0.4, -0.2) is 12.1 Å². The van der Waals surface area contributed by atoms with E-state index in [1.54, 1.807) is 19.5 Å². The molecule has 0 bridgehead atoms. The summed E-state index contributed by atoms with van der Waals surface area (Å²) in [7, 11) is 1.67. The summed E-state index contributed by atoms with van der Waals surface area (Å²) in [4.78, 5) is 4.00. The first-order valence-electron chi connectivity index (χ1n) is 5.18. The summed E-state index contributed by atoms with van der Waals surface area (Å²) in [6.07, 6.45) is 3.58. The third-order valence-electron chi connectivity index (χ3n) is 2.63. The van der Waals surface area contributed by atoms with E-state index in [1.807, 2.05) is 36.4 Å². The van der Waals surface area contributed by atoms with Crippen molar-refractivity contribution in [2.75, 3.05) is 7.11 Å². The van der Waals surface area contributed by atoms with Gasteiger partial charge in [-0.15, -0.1) is 0 Å². The summed E-state index contributed by atoms with van der Waals surface area (Å²) in [6, 6.07) is 12.1. The molecule has 3 heteroatoms. The second-order valence-corrected chi connectivity index (χ2v) is 3.61. The van der Waals surface area contributed by atoms with E-state index >= 15 is 0 Å². The standard InChI is InChI=1S/C13H14N2O/c1-16-12-4-2-10(3-5-12)13(14)11-6-8-15-9-7-11/h2-9,13H,14H2,1H3/p+1/t13-/m0/s1. The van der Waals surface area contributed by atoms with Gasteiger partial charge < -0.3 is 10.5 Å². The number of methoxy groups -OCH3 is 1. The van der Waals surface area contributed by atoms with Gasteiger partial charge in [-0.05, 0) is 36.4 Å². The SMILES string of the molecule is COc1ccc([C@H]([NH3+])c2ccncc2)cc1. The van der Waals surface area contributed by atoms with Gasteiger partial charge in [0.1, 0.15) is 11.8 Å². The smallest absolute Gasteiger partial charge is 0.136 e. The van der Waals surface area contributed by atoms with Crippen LogP contribution in [0.4, 0.5) is 0 Å². The molecular weight excluding hydrogens is 200 g/mol. The molecule has 0 radical (unpaired) electrons. The average Bonchev–Trinajstić information content (AvgIpc) is 2.39. The van der Waals surface area contributed by atoms with Crippen LogP contribution in [0, 0.1) is 0 Å². The molecule has 0 unspecified atom stereocenters. The molecule has 0 spiro atoms. The lowest BCUT2D eigenvalue weighted by Gasteiger charge is -2.09. The molecule has 1 heterocycles. The minimum atomic E-state index is 0.133. The lowest BCUT2D eigenvalue weighted by molar-refractivity contribution is -0.411. The Morgan fingerprint density at radius 2 is 1.56 bits per heavy atom. The maximum Gasteiger partial charge on any atom is 0.136 e. The third kappa shape index (κ3) is 2.20. The molecule has 0 saturated carbocycles. The lowest BCUT2D eigenvalue weighted by atomic mass is 10.0. The Hall–Kier alpha value is -1.87. The summed E-state index contributed by atoms with van der Waals surface area (Å²) in [5.41, 5.74) is 6.51. The van der Waals surface area contributed by atoms with Crippen molar-refractivity contribution in [3.8, 4) is 5.75 Å². The molecule has 2 rings (SSSR count). The average molecular weight is 215 g/mol. The Morgan fingerprint density at radius 1 is 1.00 bits per heavy atom. The lowest BCUT2D eigenvalue weighted by Crippen LogP contribution is -2.53. The summed E-state index contributed by atoms with van der Waals surface area (Å²) in [5, 5.41) is 0. The Kier molecular flexibility index (Phi) is 3.17. The first-order valence-corrected chi connectivity index (χ1v) is 5.18. The van der Waals surface area contributed by atoms with Gasteiger partial charge in [-0.25, -0.2) is 0 Å². The number of hydrogen-bond acceptors (Lipinski definition) is 2. The van der Waals surface area contributed by atoms with Gasteiger partial charge in [0.25, 0.3) is 0 Å². The Balaban J connectivity index is 2.24. The van der Waals surface area contributed by atoms with Crippen molar-refractivity contribution in [2.24, 2.45) is 0 Å². The number of aromatic nitrogens is 1. The van der Waals surface area contributed by atoms with Crippen molar-refractivity contribution in [1.82, 2.24) is 4.98 Å². The van der Waals surface area contributed by atoms with E-state index in [0.29, 0.717) is 0 Å². The summed E-state index contributed by atoms with van der Waals surface area (Å²) < 4.78 is 5.12. The van der Waals surface area contributed by atoms with Crippen molar-refractivity contribution >= 4 is 0 Å². The fraction of sp³-hybridized carbons (Fsp3) is 0.154. The summed E-state index contributed by atoms with van der Waals surface area (Å²) in [6.45, 7) is 0. The highest BCUT2D eigenvalue weighted by atomic mass is 16.5. The van der Waals surface area contributed by atoms with Crippen LogP contribution >= 0.6 is 0 Å². The van der Waals surface area contributed by atoms with E-state index in [2.05, 4.69) is 10.7 Å². The quantitative estimate of drug-likeness (QED) is 0.841. The molecule has 0 aliphatic rings. The number of nitrogens with zero attached hydrogens (tertiary/aromatic N) is 1. The Labute approximate surface area is 94.9 Å². The molecule has 82 valence electrons. The minimum absolute atomic E-state index is 0.133. The van der Waals surface area contributed by atoms with Gasteiger partial charge in [-0.2, -0.15) is 0 Å². The van der Waals surface area contributed by atoms with E-state index in [1.165, 1.54) is 11.1 Å². The number of quaternary nitrogens is 1. The van der Waals surface area contributed by atoms with Crippen molar-refractivity contribution < 1.29 is 10.5 Å². The molecular formula is C13H15N2O+. The molecule has 0 saturated heterocycles. The summed E-state index contributed by atoms with van der Waals surface area (Å²) >= 11 is 0. The number of pyridine rings is 1. The normalized spacial score (nSPS) is 12.1. The van der Waals surface area contributed by atoms with E-state index in [9.17, 15) is 0 Å². The fourth-order valence-corrected chi connectivity index (χ4v) is 1.62. The van der Waals surface area contributed by atoms with E-state index in [0.717, 1.165) is 5.75 Å². The van der Waals surface area contributed by atoms with Gasteiger partial charge in [0.15, 0.2) is 0 Å². The molecule has 0 fully saturated rings. The first-order chi connectivity index (χ1) is 7.81. The van der Waals surface area contributed by atoms with Gasteiger partial charge in [0, 0.05) is 23.5 Å². The predicted octanol–water partition coefficient (Wildman–Crippen LogP) is 1.42. The molecule has 1 aromatic carbocycles. The number of benzene rings is 1. The van der Waals surface area contributed by atoms with Crippen LogP contribution in [0.1, 0.15) is 17.2 Å². The highest BCUT2D eigenvalue weighted by Crippen LogP contribution is 2.19. The highest BCUT2D eigenvalue weighted by molar-refractivity contribution is 5.32. The van der Waals surface area contributed by atoms with Gasteiger partial charge >= 0.3 is 0 Å². The monoisotopic (exact) mass is 215 g/mol. The van der Waals surface area contributed by atoms with Crippen LogP contribution in [-0.2, 0) is 0 Å². The van der Waals surface area contributed by atoms with Crippen molar-refractivity contribution in [1.29, 1.82) is 0 Å². The van der Waals surface area contributed by atoms with E-state index < -0.39 is 0 Å². The minimum Gasteiger partial charge on any atom is -0.497 e. The van der Waals surface area contributed by atoms with Gasteiger partial charge in [-0.3, -0.25) is 4.98 Å². The molecule has 0 aliphatic carbocycles. The van der Waals surface area contributed by atoms with Crippen LogP contribution in [0.5, 0.6) is 5.75 Å². The zero-order valence-electron chi connectivity index (χ0n) is 9.26. The van der Waals surface area contributed by atoms with E-state index in [-0.39, 0.29) is 6.04 Å². The molecule has 1 aromatic heterocycles. The second kappa shape index (κ2) is 4.77. The predicted molar refractivity (Wildman–Crippen MR) is 62.0 cm³/mol. The summed E-state index contributed by atoms with van der Waals surface area (Å²) in [5.74, 6) is 0.866. The zero-order chi connectivity index (χ0) is 11.4. The van der Waals surface area contributed by atoms with Crippen molar-refractivity contribution in [2.45, 2.75) is 6.04 Å². The van der Waals surface area contributed by atoms with Crippen molar-refractivity contribution in [3.63, 3.8) is 0 Å². The molecule has 0 amide bonds. The van der Waals surface area contributed by atoms with Gasteiger partial charge in [0.05, 0.1) is 7.11 Å². The van der Waals surface area contributed by atoms with Crippen LogP contribution in [0.15, 0.2) is 48.8 Å². The maximum absolute atomic E-state index is 5.12. The van der Waals surface area contributed by atoms with Crippen LogP contribution < -0.4 is 10.5 Å². The largest absolute Gasteiger partial charge is 0.497 e. The molecule has 0 aliphatic heterocycles. The van der Waals surface area contributed by atoms with Crippen LogP contribution in [0.3, 0.4) is 0 Å². The molecule has 3 nitrogen and oxygen atoms in total. The number of hydrogen-bond donors (Lipinski definition) is 1. The third-order valence-corrected chi connectivity index (χ3v) is 2.63. The Bertz CT molecular complexity index is 439. The number of rotatable bonds is 3. The van der Waals surface area contributed by atoms with Gasteiger partial charge in [-0.1, -0.05) is 0 Å². The molecule has 2 aromatic rings. The molecule has 16 heavy (non-hydrogen) atoms. The van der Waals surface area contributed by atoms with Crippen molar-refractivity contribution in [3.05, 3.63) is 59.9 Å². The van der Waals surface area contributed by atoms with Crippen LogP contribution in [0.25, 0.3) is 0 Å². The van der Waals surface area contributed by atoms with E-state index in [4.69, 9.17) is 4.74 Å². The zero-order valence-corrected chi connectivity index (χ0v) is 9.26. The van der Waals surface area contributed by atoms with Crippen LogP contribution in [0.2, 0.25) is 0 Å². The topological polar surface area (TPSA) is 49.8 Å². The second-order valence-electron chi connectivity index (χ2n) is 3.61. The molecule has 3 N–H and O–H groups in total. The number of ether oxygens (including phenoxy) is 1. The highest BCUT2D eigenvalue weighted by Gasteiger charge is 2.11. The first kappa shape index (κ1) is 10.6. The maximum atomic E-state index is 5.12. The fourth-order valence-electron chi connectivity index (χ4n) is 1.62.